The highest BCUT2D eigenvalue weighted by atomic mass is 32.2. The number of rotatable bonds is 2. The summed E-state index contributed by atoms with van der Waals surface area (Å²) in [4.78, 5) is 34.1. The Balaban J connectivity index is 1.47. The van der Waals surface area contributed by atoms with Gasteiger partial charge in [0, 0.05) is 23.6 Å². The van der Waals surface area contributed by atoms with Crippen LogP contribution in [0.4, 0.5) is 5.82 Å². The van der Waals surface area contributed by atoms with Crippen molar-refractivity contribution in [1.82, 2.24) is 14.8 Å². The lowest BCUT2D eigenvalue weighted by atomic mass is 9.94. The minimum Gasteiger partial charge on any atom is -0.486 e. The standard InChI is InChI=1S/C24H26N4O5S/c1-12-25-21-19(23(30)27-28(21)14-4-5-33-24(2,3)11-14)20(34-12)15-8-13-9-17-18(32-7-6-31-17)10-16(13)26-22(15)29/h8-10,14,20H,4-7,11H2,1-3H3,(H,26,29)(H,27,30)/t14-,20+/m1/s1. The molecule has 0 radical (unpaired) electrons. The predicted octanol–water partition coefficient (Wildman–Crippen LogP) is 3.81. The number of aliphatic imine (C=N–C) groups is 1. The molecule has 1 fully saturated rings. The summed E-state index contributed by atoms with van der Waals surface area (Å²) in [5, 5.41) is 4.18. The number of H-pyrrole nitrogens is 2. The largest absolute Gasteiger partial charge is 0.486 e. The molecule has 0 unspecified atom stereocenters. The molecule has 0 bridgehead atoms. The smallest absolute Gasteiger partial charge is 0.271 e. The van der Waals surface area contributed by atoms with Crippen LogP contribution in [0, 0.1) is 0 Å². The SMILES string of the molecule is CC1=Nc2c(c(=O)[nH]n2[C@@H]2CCOC(C)(C)C2)[C@H](c2cc3cc4c(cc3[nH]c2=O)OCCO4)S1. The minimum atomic E-state index is -0.466. The normalized spacial score (nSPS) is 23.4. The van der Waals surface area contributed by atoms with Gasteiger partial charge in [0.25, 0.3) is 11.1 Å². The molecule has 1 saturated heterocycles. The molecule has 6 rings (SSSR count). The quantitative estimate of drug-likeness (QED) is 0.575. The molecule has 0 saturated carbocycles. The molecule has 178 valence electrons. The van der Waals surface area contributed by atoms with Gasteiger partial charge in [0.05, 0.1) is 33.0 Å². The molecule has 0 amide bonds. The van der Waals surface area contributed by atoms with Crippen molar-refractivity contribution in [3.05, 3.63) is 50.0 Å². The summed E-state index contributed by atoms with van der Waals surface area (Å²) in [5.74, 6) is 1.88. The second kappa shape index (κ2) is 7.78. The van der Waals surface area contributed by atoms with Crippen molar-refractivity contribution in [2.75, 3.05) is 19.8 Å². The molecule has 0 spiro atoms. The number of nitrogens with zero attached hydrogens (tertiary/aromatic N) is 2. The molecule has 3 aliphatic rings. The molecule has 2 N–H and O–H groups in total. The molecule has 9 nitrogen and oxygen atoms in total. The van der Waals surface area contributed by atoms with E-state index in [4.69, 9.17) is 19.2 Å². The van der Waals surface area contributed by atoms with Gasteiger partial charge in [0.2, 0.25) is 0 Å². The van der Waals surface area contributed by atoms with Crippen LogP contribution in [0.3, 0.4) is 0 Å². The highest BCUT2D eigenvalue weighted by Crippen LogP contribution is 2.45. The van der Waals surface area contributed by atoms with Gasteiger partial charge in [-0.3, -0.25) is 19.4 Å². The van der Waals surface area contributed by atoms with Crippen LogP contribution in [0.2, 0.25) is 0 Å². The van der Waals surface area contributed by atoms with E-state index in [0.29, 0.717) is 53.8 Å². The van der Waals surface area contributed by atoms with Gasteiger partial charge in [0.1, 0.15) is 13.2 Å². The van der Waals surface area contributed by atoms with Crippen LogP contribution in [0.1, 0.15) is 56.0 Å². The number of aromatic nitrogens is 3. The Morgan fingerprint density at radius 2 is 1.85 bits per heavy atom. The van der Waals surface area contributed by atoms with Crippen molar-refractivity contribution in [3.63, 3.8) is 0 Å². The third-order valence-electron chi connectivity index (χ3n) is 6.60. The molecule has 3 aliphatic heterocycles. The molecular formula is C24H26N4O5S. The molecule has 3 aromatic rings. The Morgan fingerprint density at radius 1 is 1.09 bits per heavy atom. The van der Waals surface area contributed by atoms with Crippen molar-refractivity contribution >= 4 is 33.5 Å². The number of thioether (sulfide) groups is 1. The summed E-state index contributed by atoms with van der Waals surface area (Å²) >= 11 is 1.42. The van der Waals surface area contributed by atoms with E-state index in [1.807, 2.05) is 23.7 Å². The van der Waals surface area contributed by atoms with E-state index in [1.165, 1.54) is 11.8 Å². The Bertz CT molecular complexity index is 1450. The van der Waals surface area contributed by atoms with Gasteiger partial charge in [-0.1, -0.05) is 11.8 Å². The summed E-state index contributed by atoms with van der Waals surface area (Å²) in [6, 6.07) is 5.58. The van der Waals surface area contributed by atoms with E-state index in [0.717, 1.165) is 23.3 Å². The fraction of sp³-hybridized carbons (Fsp3) is 0.458. The van der Waals surface area contributed by atoms with Gasteiger partial charge in [-0.15, -0.1) is 0 Å². The molecular weight excluding hydrogens is 456 g/mol. The van der Waals surface area contributed by atoms with E-state index in [9.17, 15) is 9.59 Å². The average Bonchev–Trinajstić information content (AvgIpc) is 3.12. The van der Waals surface area contributed by atoms with Crippen LogP contribution >= 0.6 is 11.8 Å². The lowest BCUT2D eigenvalue weighted by Crippen LogP contribution is -2.35. The fourth-order valence-corrected chi connectivity index (χ4v) is 6.18. The van der Waals surface area contributed by atoms with E-state index in [2.05, 4.69) is 23.9 Å². The third kappa shape index (κ3) is 3.56. The summed E-state index contributed by atoms with van der Waals surface area (Å²) in [6.45, 7) is 7.61. The lowest BCUT2D eigenvalue weighted by molar-refractivity contribution is -0.0705. The monoisotopic (exact) mass is 482 g/mol. The van der Waals surface area contributed by atoms with Crippen molar-refractivity contribution in [2.45, 2.75) is 50.5 Å². The zero-order valence-corrected chi connectivity index (χ0v) is 20.1. The van der Waals surface area contributed by atoms with Crippen molar-refractivity contribution < 1.29 is 14.2 Å². The summed E-state index contributed by atoms with van der Waals surface area (Å²) in [7, 11) is 0. The summed E-state index contributed by atoms with van der Waals surface area (Å²) < 4.78 is 19.1. The predicted molar refractivity (Wildman–Crippen MR) is 131 cm³/mol. The Labute approximate surface area is 199 Å². The number of nitrogens with one attached hydrogen (secondary N) is 2. The highest BCUT2D eigenvalue weighted by Gasteiger charge is 2.36. The molecule has 2 atom stereocenters. The maximum absolute atomic E-state index is 13.2. The number of benzene rings is 1. The Morgan fingerprint density at radius 3 is 2.62 bits per heavy atom. The zero-order chi connectivity index (χ0) is 23.6. The Kier molecular flexibility index (Phi) is 4.93. The number of pyridine rings is 1. The van der Waals surface area contributed by atoms with Gasteiger partial charge >= 0.3 is 0 Å². The second-order valence-electron chi connectivity index (χ2n) is 9.57. The van der Waals surface area contributed by atoms with Gasteiger partial charge in [0.15, 0.2) is 17.3 Å². The van der Waals surface area contributed by atoms with Crippen LogP contribution in [-0.2, 0) is 4.74 Å². The van der Waals surface area contributed by atoms with Crippen LogP contribution in [0.25, 0.3) is 10.9 Å². The number of ether oxygens (including phenoxy) is 3. The van der Waals surface area contributed by atoms with Gasteiger partial charge in [-0.05, 0) is 45.7 Å². The van der Waals surface area contributed by atoms with Crippen LogP contribution in [-0.4, -0.2) is 45.2 Å². The third-order valence-corrected chi connectivity index (χ3v) is 7.76. The second-order valence-corrected chi connectivity index (χ2v) is 10.9. The number of aromatic amines is 2. The zero-order valence-electron chi connectivity index (χ0n) is 19.3. The number of hydrogen-bond donors (Lipinski definition) is 2. The van der Waals surface area contributed by atoms with E-state index < -0.39 is 5.25 Å². The molecule has 0 aliphatic carbocycles. The fourth-order valence-electron chi connectivity index (χ4n) is 5.07. The first-order valence-corrected chi connectivity index (χ1v) is 12.3. The summed E-state index contributed by atoms with van der Waals surface area (Å²) in [6.07, 6.45) is 1.55. The molecule has 1 aromatic carbocycles. The van der Waals surface area contributed by atoms with E-state index >= 15 is 0 Å². The average molecular weight is 483 g/mol. The first kappa shape index (κ1) is 21.5. The number of fused-ring (bicyclic) bond motifs is 3. The van der Waals surface area contributed by atoms with Gasteiger partial charge < -0.3 is 19.2 Å². The van der Waals surface area contributed by atoms with Crippen LogP contribution < -0.4 is 20.6 Å². The topological polar surface area (TPSA) is 111 Å². The summed E-state index contributed by atoms with van der Waals surface area (Å²) in [5.41, 5.74) is 0.970. The van der Waals surface area contributed by atoms with Gasteiger partial charge in [-0.25, -0.2) is 4.99 Å². The van der Waals surface area contributed by atoms with Crippen molar-refractivity contribution in [1.29, 1.82) is 0 Å². The molecule has 10 heteroatoms. The molecule has 5 heterocycles. The molecule has 2 aromatic heterocycles. The highest BCUT2D eigenvalue weighted by molar-refractivity contribution is 8.14. The maximum Gasteiger partial charge on any atom is 0.271 e. The van der Waals surface area contributed by atoms with Crippen molar-refractivity contribution in [2.24, 2.45) is 4.99 Å². The first-order chi connectivity index (χ1) is 16.3. The maximum atomic E-state index is 13.2. The van der Waals surface area contributed by atoms with E-state index in [-0.39, 0.29) is 22.8 Å². The van der Waals surface area contributed by atoms with E-state index in [1.54, 1.807) is 6.07 Å². The minimum absolute atomic E-state index is 0.0686. The Hall–Kier alpha value is -2.98. The van der Waals surface area contributed by atoms with Crippen molar-refractivity contribution in [3.8, 4) is 11.5 Å². The van der Waals surface area contributed by atoms with Crippen LogP contribution in [0.15, 0.2) is 32.8 Å². The van der Waals surface area contributed by atoms with Gasteiger partial charge in [-0.2, -0.15) is 0 Å². The first-order valence-electron chi connectivity index (χ1n) is 11.5. The lowest BCUT2D eigenvalue weighted by Gasteiger charge is -2.36. The number of hydrogen-bond acceptors (Lipinski definition) is 7. The molecule has 34 heavy (non-hydrogen) atoms. The van der Waals surface area contributed by atoms with Crippen LogP contribution in [0.5, 0.6) is 11.5 Å².